The molecule has 1 N–H and O–H groups in total. The SMILES string of the molecule is CCC(C(=O)NC)N(Cc1c(Cl)cccc1Cl)C(=O)CN(c1ccccc1)S(=O)(=O)c1ccc(OC)cc1. The highest BCUT2D eigenvalue weighted by molar-refractivity contribution is 7.92. The third kappa shape index (κ3) is 6.59. The summed E-state index contributed by atoms with van der Waals surface area (Å²) in [5, 5.41) is 3.23. The fourth-order valence-electron chi connectivity index (χ4n) is 3.94. The van der Waals surface area contributed by atoms with Crippen molar-refractivity contribution in [3.05, 3.63) is 88.4 Å². The van der Waals surface area contributed by atoms with Crippen LogP contribution in [0.5, 0.6) is 5.75 Å². The van der Waals surface area contributed by atoms with Crippen molar-refractivity contribution in [2.24, 2.45) is 0 Å². The van der Waals surface area contributed by atoms with Gasteiger partial charge in [-0.25, -0.2) is 8.42 Å². The van der Waals surface area contributed by atoms with Gasteiger partial charge in [-0.2, -0.15) is 0 Å². The van der Waals surface area contributed by atoms with Crippen LogP contribution in [0.2, 0.25) is 10.0 Å². The quantitative estimate of drug-likeness (QED) is 0.354. The van der Waals surface area contributed by atoms with Crippen molar-refractivity contribution in [3.8, 4) is 5.75 Å². The predicted octanol–water partition coefficient (Wildman–Crippen LogP) is 4.75. The average Bonchev–Trinajstić information content (AvgIpc) is 2.93. The van der Waals surface area contributed by atoms with E-state index in [9.17, 15) is 18.0 Å². The molecular weight excluding hydrogens is 549 g/mol. The highest BCUT2D eigenvalue weighted by Crippen LogP contribution is 2.29. The van der Waals surface area contributed by atoms with E-state index in [1.165, 1.54) is 43.3 Å². The first-order chi connectivity index (χ1) is 18.1. The number of ether oxygens (including phenoxy) is 1. The van der Waals surface area contributed by atoms with Crippen LogP contribution < -0.4 is 14.4 Å². The van der Waals surface area contributed by atoms with Crippen LogP contribution in [0.15, 0.2) is 77.7 Å². The molecule has 3 aromatic rings. The van der Waals surface area contributed by atoms with Crippen molar-refractivity contribution >= 4 is 50.7 Å². The topological polar surface area (TPSA) is 96.0 Å². The lowest BCUT2D eigenvalue weighted by Gasteiger charge is -2.33. The first-order valence-corrected chi connectivity index (χ1v) is 14.0. The average molecular weight is 579 g/mol. The molecule has 0 saturated heterocycles. The van der Waals surface area contributed by atoms with E-state index in [1.807, 2.05) is 0 Å². The number of sulfonamides is 1. The van der Waals surface area contributed by atoms with Gasteiger partial charge < -0.3 is 15.0 Å². The molecule has 202 valence electrons. The summed E-state index contributed by atoms with van der Waals surface area (Å²) in [6.45, 7) is 1.11. The Kier molecular flexibility index (Phi) is 10.0. The van der Waals surface area contributed by atoms with E-state index in [-0.39, 0.29) is 17.9 Å². The first kappa shape index (κ1) is 29.3. The molecule has 0 heterocycles. The van der Waals surface area contributed by atoms with Gasteiger partial charge in [-0.05, 0) is 55.0 Å². The zero-order valence-electron chi connectivity index (χ0n) is 21.2. The molecule has 0 aliphatic heterocycles. The maximum Gasteiger partial charge on any atom is 0.264 e. The second-order valence-electron chi connectivity index (χ2n) is 8.28. The predicted molar refractivity (Wildman–Crippen MR) is 149 cm³/mol. The number of nitrogens with zero attached hydrogens (tertiary/aromatic N) is 2. The van der Waals surface area contributed by atoms with Gasteiger partial charge in [0.15, 0.2) is 0 Å². The van der Waals surface area contributed by atoms with Gasteiger partial charge >= 0.3 is 0 Å². The highest BCUT2D eigenvalue weighted by atomic mass is 35.5. The van der Waals surface area contributed by atoms with E-state index < -0.39 is 34.4 Å². The van der Waals surface area contributed by atoms with Crippen molar-refractivity contribution in [2.75, 3.05) is 25.0 Å². The van der Waals surface area contributed by atoms with Crippen LogP contribution >= 0.6 is 23.2 Å². The van der Waals surface area contributed by atoms with E-state index in [0.29, 0.717) is 27.0 Å². The second kappa shape index (κ2) is 13.0. The number of rotatable bonds is 11. The molecule has 3 aromatic carbocycles. The van der Waals surface area contributed by atoms with Crippen LogP contribution in [0.3, 0.4) is 0 Å². The summed E-state index contributed by atoms with van der Waals surface area (Å²) in [4.78, 5) is 27.9. The minimum atomic E-state index is -4.18. The smallest absolute Gasteiger partial charge is 0.264 e. The van der Waals surface area contributed by atoms with Gasteiger partial charge in [-0.3, -0.25) is 13.9 Å². The van der Waals surface area contributed by atoms with E-state index in [0.717, 1.165) is 4.31 Å². The number of para-hydroxylation sites is 1. The van der Waals surface area contributed by atoms with Crippen molar-refractivity contribution < 1.29 is 22.7 Å². The normalized spacial score (nSPS) is 11.9. The van der Waals surface area contributed by atoms with Crippen molar-refractivity contribution in [1.82, 2.24) is 10.2 Å². The third-order valence-electron chi connectivity index (χ3n) is 5.99. The van der Waals surface area contributed by atoms with Gasteiger partial charge in [0.05, 0.1) is 17.7 Å². The van der Waals surface area contributed by atoms with Gasteiger partial charge in [0.2, 0.25) is 11.8 Å². The number of benzene rings is 3. The van der Waals surface area contributed by atoms with Crippen LogP contribution in [0.4, 0.5) is 5.69 Å². The molecule has 0 radical (unpaired) electrons. The van der Waals surface area contributed by atoms with Crippen LogP contribution in [0.25, 0.3) is 0 Å². The number of amides is 2. The molecule has 1 atom stereocenters. The van der Waals surface area contributed by atoms with E-state index >= 15 is 0 Å². The molecule has 11 heteroatoms. The summed E-state index contributed by atoms with van der Waals surface area (Å²) < 4.78 is 33.7. The van der Waals surface area contributed by atoms with Crippen molar-refractivity contribution in [3.63, 3.8) is 0 Å². The largest absolute Gasteiger partial charge is 0.497 e. The van der Waals surface area contributed by atoms with Crippen molar-refractivity contribution in [1.29, 1.82) is 0 Å². The molecule has 0 saturated carbocycles. The Morgan fingerprint density at radius 1 is 0.947 bits per heavy atom. The van der Waals surface area contributed by atoms with Gasteiger partial charge in [0.25, 0.3) is 10.0 Å². The number of carbonyl (C=O) groups excluding carboxylic acids is 2. The minimum Gasteiger partial charge on any atom is -0.497 e. The molecule has 0 spiro atoms. The Labute approximate surface area is 233 Å². The molecule has 2 amide bonds. The molecule has 3 rings (SSSR count). The van der Waals surface area contributed by atoms with Gasteiger partial charge in [0.1, 0.15) is 18.3 Å². The summed E-state index contributed by atoms with van der Waals surface area (Å²) in [6.07, 6.45) is 0.282. The summed E-state index contributed by atoms with van der Waals surface area (Å²) in [5.74, 6) is -0.504. The molecule has 8 nitrogen and oxygen atoms in total. The summed E-state index contributed by atoms with van der Waals surface area (Å²) in [5.41, 5.74) is 0.746. The molecule has 0 aliphatic carbocycles. The monoisotopic (exact) mass is 577 g/mol. The van der Waals surface area contributed by atoms with Crippen molar-refractivity contribution in [2.45, 2.75) is 30.8 Å². The number of likely N-dealkylation sites (N-methyl/N-ethyl adjacent to an activating group) is 1. The molecular formula is C27H29Cl2N3O5S. The highest BCUT2D eigenvalue weighted by Gasteiger charge is 2.34. The molecule has 1 unspecified atom stereocenters. The molecule has 0 fully saturated rings. The van der Waals surface area contributed by atoms with E-state index in [1.54, 1.807) is 55.5 Å². The number of nitrogens with one attached hydrogen (secondary N) is 1. The summed E-state index contributed by atoms with van der Waals surface area (Å²) >= 11 is 12.8. The van der Waals surface area contributed by atoms with E-state index in [4.69, 9.17) is 27.9 Å². The van der Waals surface area contributed by atoms with Crippen LogP contribution in [0, 0.1) is 0 Å². The standard InChI is InChI=1S/C27H29Cl2N3O5S/c1-4-25(27(34)30-2)31(17-22-23(28)11-8-12-24(22)29)26(33)18-32(19-9-6-5-7-10-19)38(35,36)21-15-13-20(37-3)14-16-21/h5-16,25H,4,17-18H2,1-3H3,(H,30,34). The minimum absolute atomic E-state index is 0.0194. The Hall–Kier alpha value is -3.27. The Bertz CT molecular complexity index is 1350. The maximum atomic E-state index is 13.9. The number of halogens is 2. The van der Waals surface area contributed by atoms with Gasteiger partial charge in [0, 0.05) is 29.2 Å². The lowest BCUT2D eigenvalue weighted by molar-refractivity contribution is -0.140. The number of methoxy groups -OCH3 is 1. The molecule has 0 aromatic heterocycles. The summed E-state index contributed by atoms with van der Waals surface area (Å²) in [6, 6.07) is 18.2. The Balaban J connectivity index is 2.07. The number of carbonyl (C=O) groups is 2. The second-order valence-corrected chi connectivity index (χ2v) is 11.0. The fourth-order valence-corrected chi connectivity index (χ4v) is 5.87. The zero-order valence-corrected chi connectivity index (χ0v) is 23.6. The Morgan fingerprint density at radius 3 is 2.08 bits per heavy atom. The molecule has 0 bridgehead atoms. The lowest BCUT2D eigenvalue weighted by Crippen LogP contribution is -2.51. The fraction of sp³-hybridized carbons (Fsp3) is 0.259. The van der Waals surface area contributed by atoms with E-state index in [2.05, 4.69) is 5.32 Å². The molecule has 0 aliphatic rings. The first-order valence-electron chi connectivity index (χ1n) is 11.8. The van der Waals surface area contributed by atoms with Crippen LogP contribution in [0.1, 0.15) is 18.9 Å². The lowest BCUT2D eigenvalue weighted by atomic mass is 10.1. The third-order valence-corrected chi connectivity index (χ3v) is 8.49. The maximum absolute atomic E-state index is 13.9. The molecule has 38 heavy (non-hydrogen) atoms. The zero-order chi connectivity index (χ0) is 27.9. The number of hydrogen-bond donors (Lipinski definition) is 1. The van der Waals surface area contributed by atoms with Gasteiger partial charge in [-0.1, -0.05) is 54.4 Å². The van der Waals surface area contributed by atoms with Gasteiger partial charge in [-0.15, -0.1) is 0 Å². The number of anilines is 1. The number of hydrogen-bond acceptors (Lipinski definition) is 5. The summed E-state index contributed by atoms with van der Waals surface area (Å²) in [7, 11) is -1.22. The van der Waals surface area contributed by atoms with Crippen LogP contribution in [-0.2, 0) is 26.2 Å². The van der Waals surface area contributed by atoms with Crippen LogP contribution in [-0.4, -0.2) is 51.9 Å². The Morgan fingerprint density at radius 2 is 1.55 bits per heavy atom.